The number of rotatable bonds is 7. The molecule has 2 rings (SSSR count). The molecule has 0 aromatic carbocycles. The molecule has 2 heterocycles. The molecule has 2 N–H and O–H groups in total. The molecule has 0 bridgehead atoms. The van der Waals surface area contributed by atoms with Crippen LogP contribution in [0.1, 0.15) is 38.5 Å². The van der Waals surface area contributed by atoms with E-state index in [9.17, 15) is 9.59 Å². The summed E-state index contributed by atoms with van der Waals surface area (Å²) in [6.45, 7) is 3.59. The van der Waals surface area contributed by atoms with Gasteiger partial charge >= 0.3 is 5.63 Å². The summed E-state index contributed by atoms with van der Waals surface area (Å²) >= 11 is 1.36. The van der Waals surface area contributed by atoms with Crippen LogP contribution in [0, 0.1) is 0 Å². The normalized spacial score (nSPS) is 18.6. The van der Waals surface area contributed by atoms with Crippen LogP contribution >= 0.6 is 11.8 Å². The molecule has 2 atom stereocenters. The van der Waals surface area contributed by atoms with Gasteiger partial charge in [-0.25, -0.2) is 4.79 Å². The minimum atomic E-state index is -0.576. The molecule has 0 aliphatic carbocycles. The fraction of sp³-hybridized carbons (Fsp3) is 0.500. The highest BCUT2D eigenvalue weighted by atomic mass is 32.2. The van der Waals surface area contributed by atoms with Crippen molar-refractivity contribution in [3.8, 4) is 5.75 Å². The van der Waals surface area contributed by atoms with Crippen LogP contribution in [-0.2, 0) is 4.79 Å². The maximum Gasteiger partial charge on any atom is 0.339 e. The zero-order chi connectivity index (χ0) is 18.4. The van der Waals surface area contributed by atoms with Crippen LogP contribution in [0.3, 0.4) is 0 Å². The van der Waals surface area contributed by atoms with E-state index < -0.39 is 17.7 Å². The predicted molar refractivity (Wildman–Crippen MR) is 95.9 cm³/mol. The summed E-state index contributed by atoms with van der Waals surface area (Å²) in [6, 6.07) is 1.82. The molecule has 0 fully saturated rings. The molecule has 9 heteroatoms. The number of methoxy groups -OCH3 is 1. The molecular weight excluding hydrogens is 346 g/mol. The lowest BCUT2D eigenvalue weighted by Crippen LogP contribution is -2.37. The van der Waals surface area contributed by atoms with Gasteiger partial charge in [0.1, 0.15) is 28.3 Å². The molecule has 1 unspecified atom stereocenters. The smallest absolute Gasteiger partial charge is 0.339 e. The van der Waals surface area contributed by atoms with Crippen molar-refractivity contribution >= 4 is 28.4 Å². The molecule has 1 aliphatic heterocycles. The Labute approximate surface area is 149 Å². The first-order valence-corrected chi connectivity index (χ1v) is 8.86. The van der Waals surface area contributed by atoms with E-state index >= 15 is 0 Å². The number of nitrogens with zero attached hydrogens (tertiary/aromatic N) is 2. The summed E-state index contributed by atoms with van der Waals surface area (Å²) in [5.74, 6) is 0.933. The second kappa shape index (κ2) is 8.70. The van der Waals surface area contributed by atoms with Gasteiger partial charge in [0.25, 0.3) is 0 Å². The lowest BCUT2D eigenvalue weighted by molar-refractivity contribution is -0.122. The van der Waals surface area contributed by atoms with Crippen LogP contribution < -0.4 is 15.7 Å². The topological polar surface area (TPSA) is 113 Å². The second-order valence-corrected chi connectivity index (χ2v) is 6.52. The minimum absolute atomic E-state index is 0.267. The second-order valence-electron chi connectivity index (χ2n) is 5.51. The molecule has 1 aliphatic rings. The molecule has 0 saturated carbocycles. The fourth-order valence-corrected chi connectivity index (χ4v) is 3.35. The van der Waals surface area contributed by atoms with E-state index in [1.165, 1.54) is 24.9 Å². The van der Waals surface area contributed by atoms with E-state index in [0.29, 0.717) is 34.4 Å². The van der Waals surface area contributed by atoms with Gasteiger partial charge < -0.3 is 19.7 Å². The number of carbonyl (C=O) groups is 1. The summed E-state index contributed by atoms with van der Waals surface area (Å²) in [5, 5.41) is 15.3. The maximum absolute atomic E-state index is 12.5. The van der Waals surface area contributed by atoms with Crippen LogP contribution in [0.2, 0.25) is 0 Å². The Kier molecular flexibility index (Phi) is 6.63. The number of hydrogen-bond acceptors (Lipinski definition) is 8. The minimum Gasteiger partial charge on any atom is -0.496 e. The summed E-state index contributed by atoms with van der Waals surface area (Å²) in [6.07, 6.45) is 1.39. The van der Waals surface area contributed by atoms with Gasteiger partial charge in [-0.2, -0.15) is 0 Å². The van der Waals surface area contributed by atoms with E-state index in [2.05, 4.69) is 15.5 Å². The first-order chi connectivity index (χ1) is 12.0. The first kappa shape index (κ1) is 19.0. The average Bonchev–Trinajstić information content (AvgIpc) is 3.10. The van der Waals surface area contributed by atoms with Gasteiger partial charge in [-0.3, -0.25) is 9.79 Å². The molecule has 1 aromatic rings. The van der Waals surface area contributed by atoms with Gasteiger partial charge in [0, 0.05) is 11.8 Å². The summed E-state index contributed by atoms with van der Waals surface area (Å²) in [5.41, 5.74) is -0.152. The van der Waals surface area contributed by atoms with Gasteiger partial charge in [-0.1, -0.05) is 18.5 Å². The van der Waals surface area contributed by atoms with Crippen molar-refractivity contribution in [2.75, 3.05) is 12.9 Å². The van der Waals surface area contributed by atoms with Crippen LogP contribution in [0.25, 0.3) is 0 Å². The number of carbonyl (C=O) groups excluding carboxylic acids is 1. The van der Waals surface area contributed by atoms with Gasteiger partial charge in [-0.15, -0.1) is 11.8 Å². The Morgan fingerprint density at radius 3 is 3.00 bits per heavy atom. The number of thioether (sulfide) groups is 1. The molecule has 0 spiro atoms. The number of amides is 1. The Bertz CT molecular complexity index is 744. The molecule has 1 aromatic heterocycles. The van der Waals surface area contributed by atoms with Crippen molar-refractivity contribution in [1.29, 1.82) is 0 Å². The number of oxime groups is 1. The van der Waals surface area contributed by atoms with Crippen molar-refractivity contribution in [1.82, 2.24) is 5.32 Å². The third-order valence-corrected chi connectivity index (χ3v) is 4.81. The zero-order valence-electron chi connectivity index (χ0n) is 14.3. The van der Waals surface area contributed by atoms with Gasteiger partial charge in [-0.05, 0) is 13.3 Å². The first-order valence-electron chi connectivity index (χ1n) is 7.87. The fourth-order valence-electron chi connectivity index (χ4n) is 2.35. The molecule has 0 saturated heterocycles. The van der Waals surface area contributed by atoms with Gasteiger partial charge in [0.05, 0.1) is 19.2 Å². The van der Waals surface area contributed by atoms with Gasteiger partial charge in [0.15, 0.2) is 0 Å². The van der Waals surface area contributed by atoms with Crippen molar-refractivity contribution in [3.05, 3.63) is 28.3 Å². The summed E-state index contributed by atoms with van der Waals surface area (Å²) in [7, 11) is 1.46. The van der Waals surface area contributed by atoms with Crippen LogP contribution in [0.15, 0.2) is 31.5 Å². The highest BCUT2D eigenvalue weighted by molar-refractivity contribution is 8.16. The lowest BCUT2D eigenvalue weighted by Gasteiger charge is -2.18. The van der Waals surface area contributed by atoms with E-state index in [0.717, 1.165) is 6.42 Å². The highest BCUT2D eigenvalue weighted by Crippen LogP contribution is 2.24. The van der Waals surface area contributed by atoms with E-state index in [1.807, 2.05) is 6.92 Å². The number of nitrogens with one attached hydrogen (secondary N) is 1. The number of aliphatic imine (C=N–C) groups is 1. The van der Waals surface area contributed by atoms with Gasteiger partial charge in [0.2, 0.25) is 5.91 Å². The monoisotopic (exact) mass is 367 g/mol. The Morgan fingerprint density at radius 1 is 1.60 bits per heavy atom. The SMILES string of the molecule is CCC[C@@H](NC(=O)C1CSC(/C(C)=N/O)=N1)c1cc(OC)cc(=O)o1. The summed E-state index contributed by atoms with van der Waals surface area (Å²) < 4.78 is 10.3. The Morgan fingerprint density at radius 2 is 2.36 bits per heavy atom. The van der Waals surface area contributed by atoms with E-state index in [-0.39, 0.29) is 5.91 Å². The third kappa shape index (κ3) is 4.85. The quantitative estimate of drug-likeness (QED) is 0.433. The van der Waals surface area contributed by atoms with E-state index in [1.54, 1.807) is 13.0 Å². The number of hydrogen-bond donors (Lipinski definition) is 2. The van der Waals surface area contributed by atoms with Crippen LogP contribution in [-0.4, -0.2) is 40.8 Å². The lowest BCUT2D eigenvalue weighted by atomic mass is 10.1. The average molecular weight is 367 g/mol. The Hall–Kier alpha value is -2.29. The van der Waals surface area contributed by atoms with Crippen LogP contribution in [0.4, 0.5) is 0 Å². The Balaban J connectivity index is 2.17. The standard InChI is InChI=1S/C16H21N3O5S/c1-4-5-11(13-6-10(23-3)7-14(20)24-13)17-15(21)12-8-25-16(18-12)9(2)19-22/h6-7,11-12,22H,4-5,8H2,1-3H3,(H,17,21)/b19-9+/t11-,12?/m1/s1. The molecule has 1 amide bonds. The van der Waals surface area contributed by atoms with Crippen molar-refractivity contribution in [2.45, 2.75) is 38.8 Å². The highest BCUT2D eigenvalue weighted by Gasteiger charge is 2.29. The molecule has 25 heavy (non-hydrogen) atoms. The zero-order valence-corrected chi connectivity index (χ0v) is 15.1. The predicted octanol–water partition coefficient (Wildman–Crippen LogP) is 1.97. The molecular formula is C16H21N3O5S. The summed E-state index contributed by atoms with van der Waals surface area (Å²) in [4.78, 5) is 28.4. The molecule has 0 radical (unpaired) electrons. The van der Waals surface area contributed by atoms with Crippen molar-refractivity contribution < 1.29 is 19.2 Å². The van der Waals surface area contributed by atoms with Crippen molar-refractivity contribution in [2.24, 2.45) is 10.1 Å². The van der Waals surface area contributed by atoms with E-state index in [4.69, 9.17) is 14.4 Å². The largest absolute Gasteiger partial charge is 0.496 e. The van der Waals surface area contributed by atoms with Crippen molar-refractivity contribution in [3.63, 3.8) is 0 Å². The van der Waals surface area contributed by atoms with Crippen LogP contribution in [0.5, 0.6) is 5.75 Å². The number of ether oxygens (including phenoxy) is 1. The third-order valence-electron chi connectivity index (χ3n) is 3.65. The molecule has 8 nitrogen and oxygen atoms in total. The maximum atomic E-state index is 12.5. The molecule has 136 valence electrons.